The molecule has 0 spiro atoms. The van der Waals surface area contributed by atoms with Gasteiger partial charge in [0, 0.05) is 0 Å². The second-order valence-corrected chi connectivity index (χ2v) is 5.92. The summed E-state index contributed by atoms with van der Waals surface area (Å²) >= 11 is 0. The lowest BCUT2D eigenvalue weighted by atomic mass is 9.87. The summed E-state index contributed by atoms with van der Waals surface area (Å²) in [4.78, 5) is 0. The molecular formula is C16H19F3O. The molecule has 1 fully saturated rings. The maximum atomic E-state index is 12.6. The zero-order chi connectivity index (χ0) is 14.2. The Morgan fingerprint density at radius 1 is 0.950 bits per heavy atom. The van der Waals surface area contributed by atoms with Crippen LogP contribution in [0.15, 0.2) is 18.2 Å². The van der Waals surface area contributed by atoms with Crippen LogP contribution in [0, 0.1) is 5.92 Å². The van der Waals surface area contributed by atoms with Crippen molar-refractivity contribution >= 4 is 0 Å². The van der Waals surface area contributed by atoms with Gasteiger partial charge < -0.3 is 4.74 Å². The monoisotopic (exact) mass is 284 g/mol. The minimum Gasteiger partial charge on any atom is -0.490 e. The molecule has 0 aromatic heterocycles. The van der Waals surface area contributed by atoms with Gasteiger partial charge in [0.05, 0.1) is 12.0 Å². The van der Waals surface area contributed by atoms with Crippen molar-refractivity contribution in [3.05, 3.63) is 29.3 Å². The number of alkyl halides is 3. The Hall–Kier alpha value is -1.19. The lowest BCUT2D eigenvalue weighted by molar-refractivity contribution is -0.185. The minimum absolute atomic E-state index is 0.0620. The first kappa shape index (κ1) is 13.8. The van der Waals surface area contributed by atoms with E-state index < -0.39 is 12.1 Å². The molecule has 110 valence electrons. The summed E-state index contributed by atoms with van der Waals surface area (Å²) in [5.41, 5.74) is 2.73. The second kappa shape index (κ2) is 5.30. The van der Waals surface area contributed by atoms with Crippen LogP contribution in [0.1, 0.15) is 43.2 Å². The molecule has 20 heavy (non-hydrogen) atoms. The highest BCUT2D eigenvalue weighted by Crippen LogP contribution is 2.38. The van der Waals surface area contributed by atoms with Crippen LogP contribution in [-0.4, -0.2) is 12.3 Å². The van der Waals surface area contributed by atoms with Crippen molar-refractivity contribution in [2.24, 2.45) is 5.92 Å². The van der Waals surface area contributed by atoms with E-state index in [2.05, 4.69) is 12.1 Å². The third-order valence-electron chi connectivity index (χ3n) is 4.51. The second-order valence-electron chi connectivity index (χ2n) is 5.92. The molecule has 1 saturated carbocycles. The summed E-state index contributed by atoms with van der Waals surface area (Å²) in [5.74, 6) is -0.316. The lowest BCUT2D eigenvalue weighted by Crippen LogP contribution is -2.31. The van der Waals surface area contributed by atoms with E-state index in [0.29, 0.717) is 12.8 Å². The van der Waals surface area contributed by atoms with E-state index in [1.165, 1.54) is 17.5 Å². The van der Waals surface area contributed by atoms with Gasteiger partial charge in [-0.2, -0.15) is 13.2 Å². The van der Waals surface area contributed by atoms with Crippen LogP contribution in [0.4, 0.5) is 13.2 Å². The molecule has 0 radical (unpaired) electrons. The highest BCUT2D eigenvalue weighted by atomic mass is 19.4. The Morgan fingerprint density at radius 3 is 2.35 bits per heavy atom. The van der Waals surface area contributed by atoms with Gasteiger partial charge in [0.2, 0.25) is 0 Å². The molecule has 3 rings (SSSR count). The summed E-state index contributed by atoms with van der Waals surface area (Å²) in [5, 5.41) is 0. The molecule has 0 amide bonds. The van der Waals surface area contributed by atoms with Gasteiger partial charge in [-0.15, -0.1) is 0 Å². The smallest absolute Gasteiger partial charge is 0.391 e. The van der Waals surface area contributed by atoms with Crippen LogP contribution in [0.25, 0.3) is 0 Å². The number of halogens is 3. The van der Waals surface area contributed by atoms with Gasteiger partial charge in [-0.05, 0) is 68.2 Å². The quantitative estimate of drug-likeness (QED) is 0.766. The largest absolute Gasteiger partial charge is 0.490 e. The molecule has 1 nitrogen and oxygen atoms in total. The highest BCUT2D eigenvalue weighted by Gasteiger charge is 2.41. The average Bonchev–Trinajstić information content (AvgIpc) is 2.86. The molecule has 0 heterocycles. The Kier molecular flexibility index (Phi) is 3.65. The SMILES string of the molecule is FC(F)(F)C1CCC(Oc2ccc3c(c2)CCC3)CC1. The summed E-state index contributed by atoms with van der Waals surface area (Å²) in [6.07, 6.45) is 0.696. The molecule has 0 N–H and O–H groups in total. The van der Waals surface area contributed by atoms with Crippen molar-refractivity contribution in [2.45, 2.75) is 57.2 Å². The van der Waals surface area contributed by atoms with Gasteiger partial charge in [0.15, 0.2) is 0 Å². The van der Waals surface area contributed by atoms with Gasteiger partial charge in [-0.25, -0.2) is 0 Å². The maximum Gasteiger partial charge on any atom is 0.391 e. The molecule has 0 aliphatic heterocycles. The number of aryl methyl sites for hydroxylation is 2. The van der Waals surface area contributed by atoms with E-state index in [1.54, 1.807) is 0 Å². The normalized spacial score (nSPS) is 26.4. The first-order valence-electron chi connectivity index (χ1n) is 7.37. The average molecular weight is 284 g/mol. The Balaban J connectivity index is 1.57. The summed E-state index contributed by atoms with van der Waals surface area (Å²) in [7, 11) is 0. The molecule has 0 unspecified atom stereocenters. The number of hydrogen-bond acceptors (Lipinski definition) is 1. The van der Waals surface area contributed by atoms with Crippen LogP contribution in [0.5, 0.6) is 5.75 Å². The molecule has 2 aliphatic carbocycles. The molecule has 0 bridgehead atoms. The molecule has 4 heteroatoms. The number of ether oxygens (including phenoxy) is 1. The van der Waals surface area contributed by atoms with E-state index >= 15 is 0 Å². The van der Waals surface area contributed by atoms with Crippen molar-refractivity contribution in [1.82, 2.24) is 0 Å². The summed E-state index contributed by atoms with van der Waals surface area (Å²) < 4.78 is 43.7. The van der Waals surface area contributed by atoms with Crippen LogP contribution in [-0.2, 0) is 12.8 Å². The highest BCUT2D eigenvalue weighted by molar-refractivity contribution is 5.38. The van der Waals surface area contributed by atoms with Gasteiger partial charge in [0.25, 0.3) is 0 Å². The predicted octanol–water partition coefficient (Wildman–Crippen LogP) is 4.68. The van der Waals surface area contributed by atoms with Crippen molar-refractivity contribution in [2.75, 3.05) is 0 Å². The zero-order valence-corrected chi connectivity index (χ0v) is 11.4. The number of benzene rings is 1. The van der Waals surface area contributed by atoms with Gasteiger partial charge in [-0.1, -0.05) is 6.07 Å². The van der Waals surface area contributed by atoms with Gasteiger partial charge in [-0.3, -0.25) is 0 Å². The van der Waals surface area contributed by atoms with Crippen molar-refractivity contribution in [3.8, 4) is 5.75 Å². The van der Waals surface area contributed by atoms with Crippen LogP contribution in [0.2, 0.25) is 0 Å². The Bertz CT molecular complexity index is 473. The Labute approximate surface area is 117 Å². The fourth-order valence-electron chi connectivity index (χ4n) is 3.32. The maximum absolute atomic E-state index is 12.6. The van der Waals surface area contributed by atoms with Crippen LogP contribution < -0.4 is 4.74 Å². The standard InChI is InChI=1S/C16H19F3O/c17-16(18,19)13-5-8-14(9-6-13)20-15-7-4-11-2-1-3-12(11)10-15/h4,7,10,13-14H,1-3,5-6,8-9H2. The molecule has 1 aromatic carbocycles. The van der Waals surface area contributed by atoms with E-state index in [4.69, 9.17) is 4.74 Å². The third-order valence-corrected chi connectivity index (χ3v) is 4.51. The van der Waals surface area contributed by atoms with Crippen molar-refractivity contribution < 1.29 is 17.9 Å². The molecule has 2 aliphatic rings. The first-order valence-corrected chi connectivity index (χ1v) is 7.37. The van der Waals surface area contributed by atoms with Gasteiger partial charge >= 0.3 is 6.18 Å². The molecular weight excluding hydrogens is 265 g/mol. The summed E-state index contributed by atoms with van der Waals surface area (Å²) in [6.45, 7) is 0. The van der Waals surface area contributed by atoms with E-state index in [0.717, 1.165) is 18.6 Å². The zero-order valence-electron chi connectivity index (χ0n) is 11.4. The topological polar surface area (TPSA) is 9.23 Å². The summed E-state index contributed by atoms with van der Waals surface area (Å²) in [6, 6.07) is 6.12. The lowest BCUT2D eigenvalue weighted by Gasteiger charge is -2.30. The first-order chi connectivity index (χ1) is 9.52. The predicted molar refractivity (Wildman–Crippen MR) is 70.9 cm³/mol. The van der Waals surface area contributed by atoms with Crippen molar-refractivity contribution in [1.29, 1.82) is 0 Å². The number of hydrogen-bond donors (Lipinski definition) is 0. The number of rotatable bonds is 2. The molecule has 1 aromatic rings. The van der Waals surface area contributed by atoms with E-state index in [1.807, 2.05) is 6.07 Å². The fraction of sp³-hybridized carbons (Fsp3) is 0.625. The minimum atomic E-state index is -4.04. The van der Waals surface area contributed by atoms with Crippen molar-refractivity contribution in [3.63, 3.8) is 0 Å². The third kappa shape index (κ3) is 2.94. The van der Waals surface area contributed by atoms with E-state index in [-0.39, 0.29) is 18.9 Å². The number of fused-ring (bicyclic) bond motifs is 1. The molecule has 0 saturated heterocycles. The van der Waals surface area contributed by atoms with Gasteiger partial charge in [0.1, 0.15) is 5.75 Å². The van der Waals surface area contributed by atoms with E-state index in [9.17, 15) is 13.2 Å². The fourth-order valence-corrected chi connectivity index (χ4v) is 3.32. The molecule has 0 atom stereocenters. The van der Waals surface area contributed by atoms with Crippen LogP contribution >= 0.6 is 0 Å². The van der Waals surface area contributed by atoms with Crippen LogP contribution in [0.3, 0.4) is 0 Å². The Morgan fingerprint density at radius 2 is 1.65 bits per heavy atom.